The largest absolute Gasteiger partial charge is 0.495 e. The molecule has 0 aliphatic rings. The van der Waals surface area contributed by atoms with Crippen LogP contribution in [0.5, 0.6) is 11.6 Å². The molecule has 0 aliphatic carbocycles. The fraction of sp³-hybridized carbons (Fsp3) is 0.188. The minimum Gasteiger partial charge on any atom is -0.495 e. The number of hydrogen-bond acceptors (Lipinski definition) is 7. The SMILES string of the molecule is CCOc1nc(Nc2cc(C(N)=O)ccc2OC)cc(N)c1C#N. The third-order valence-corrected chi connectivity index (χ3v) is 3.16. The van der Waals surface area contributed by atoms with E-state index < -0.39 is 5.91 Å². The number of nitrogens with two attached hydrogens (primary N) is 2. The van der Waals surface area contributed by atoms with Gasteiger partial charge in [-0.2, -0.15) is 10.2 Å². The lowest BCUT2D eigenvalue weighted by Gasteiger charge is -2.14. The molecule has 0 saturated heterocycles. The number of methoxy groups -OCH3 is 1. The van der Waals surface area contributed by atoms with Crippen molar-refractivity contribution in [3.63, 3.8) is 0 Å². The molecule has 5 N–H and O–H groups in total. The van der Waals surface area contributed by atoms with Gasteiger partial charge in [0.15, 0.2) is 0 Å². The molecular weight excluding hydrogens is 310 g/mol. The minimum absolute atomic E-state index is 0.132. The number of benzene rings is 1. The van der Waals surface area contributed by atoms with Gasteiger partial charge in [0.25, 0.3) is 0 Å². The lowest BCUT2D eigenvalue weighted by atomic mass is 10.1. The van der Waals surface area contributed by atoms with Crippen LogP contribution in [0.4, 0.5) is 17.2 Å². The van der Waals surface area contributed by atoms with Crippen molar-refractivity contribution in [2.45, 2.75) is 6.92 Å². The van der Waals surface area contributed by atoms with E-state index in [-0.39, 0.29) is 17.1 Å². The van der Waals surface area contributed by atoms with Gasteiger partial charge >= 0.3 is 0 Å². The Balaban J connectivity index is 2.46. The highest BCUT2D eigenvalue weighted by Crippen LogP contribution is 2.31. The number of hydrogen-bond donors (Lipinski definition) is 3. The van der Waals surface area contributed by atoms with Gasteiger partial charge in [0, 0.05) is 11.6 Å². The molecule has 0 aliphatic heterocycles. The van der Waals surface area contributed by atoms with Crippen molar-refractivity contribution >= 4 is 23.1 Å². The quantitative estimate of drug-likeness (QED) is 0.735. The first-order valence-corrected chi connectivity index (χ1v) is 7.08. The summed E-state index contributed by atoms with van der Waals surface area (Å²) in [7, 11) is 1.50. The topological polar surface area (TPSA) is 136 Å². The van der Waals surface area contributed by atoms with E-state index in [1.807, 2.05) is 6.07 Å². The van der Waals surface area contributed by atoms with E-state index in [9.17, 15) is 4.79 Å². The first-order chi connectivity index (χ1) is 11.5. The molecular formula is C16H17N5O3. The van der Waals surface area contributed by atoms with Gasteiger partial charge in [-0.15, -0.1) is 0 Å². The van der Waals surface area contributed by atoms with Crippen molar-refractivity contribution in [3.05, 3.63) is 35.4 Å². The highest BCUT2D eigenvalue weighted by atomic mass is 16.5. The van der Waals surface area contributed by atoms with Crippen LogP contribution < -0.4 is 26.3 Å². The zero-order chi connectivity index (χ0) is 17.7. The summed E-state index contributed by atoms with van der Waals surface area (Å²) in [6, 6.07) is 8.16. The minimum atomic E-state index is -0.567. The van der Waals surface area contributed by atoms with Gasteiger partial charge in [-0.25, -0.2) is 0 Å². The number of primary amides is 1. The first-order valence-electron chi connectivity index (χ1n) is 7.08. The Bertz CT molecular complexity index is 814. The maximum atomic E-state index is 11.3. The number of anilines is 3. The predicted molar refractivity (Wildman–Crippen MR) is 89.3 cm³/mol. The molecule has 8 nitrogen and oxygen atoms in total. The smallest absolute Gasteiger partial charge is 0.248 e. The summed E-state index contributed by atoms with van der Waals surface area (Å²) in [5.41, 5.74) is 12.4. The number of carbonyl (C=O) groups excluding carboxylic acids is 1. The van der Waals surface area contributed by atoms with Crippen LogP contribution in [-0.4, -0.2) is 24.6 Å². The normalized spacial score (nSPS) is 9.88. The fourth-order valence-corrected chi connectivity index (χ4v) is 2.05. The van der Waals surface area contributed by atoms with Crippen LogP contribution in [0, 0.1) is 11.3 Å². The zero-order valence-electron chi connectivity index (χ0n) is 13.3. The van der Waals surface area contributed by atoms with Crippen LogP contribution in [0.1, 0.15) is 22.8 Å². The summed E-state index contributed by atoms with van der Waals surface area (Å²) in [6.45, 7) is 2.11. The van der Waals surface area contributed by atoms with Gasteiger partial charge in [-0.1, -0.05) is 0 Å². The summed E-state index contributed by atoms with van der Waals surface area (Å²) < 4.78 is 10.6. The average Bonchev–Trinajstić information content (AvgIpc) is 2.55. The summed E-state index contributed by atoms with van der Waals surface area (Å²) in [4.78, 5) is 15.6. The Morgan fingerprint density at radius 1 is 1.42 bits per heavy atom. The van der Waals surface area contributed by atoms with Gasteiger partial charge in [-0.3, -0.25) is 4.79 Å². The number of nitrogens with zero attached hydrogens (tertiary/aromatic N) is 2. The second kappa shape index (κ2) is 7.19. The van der Waals surface area contributed by atoms with Gasteiger partial charge < -0.3 is 26.3 Å². The number of nitriles is 1. The Morgan fingerprint density at radius 3 is 2.75 bits per heavy atom. The van der Waals surface area contributed by atoms with Crippen LogP contribution in [0.25, 0.3) is 0 Å². The molecule has 2 rings (SSSR count). The number of nitrogen functional groups attached to an aromatic ring is 1. The van der Waals surface area contributed by atoms with Crippen LogP contribution >= 0.6 is 0 Å². The molecule has 124 valence electrons. The van der Waals surface area contributed by atoms with E-state index in [0.717, 1.165) is 0 Å². The highest BCUT2D eigenvalue weighted by Gasteiger charge is 2.14. The van der Waals surface area contributed by atoms with Crippen LogP contribution in [0.15, 0.2) is 24.3 Å². The number of amides is 1. The van der Waals surface area contributed by atoms with E-state index in [4.69, 9.17) is 26.2 Å². The number of nitrogens with one attached hydrogen (secondary N) is 1. The van der Waals surface area contributed by atoms with Crippen molar-refractivity contribution in [1.29, 1.82) is 5.26 Å². The van der Waals surface area contributed by atoms with E-state index in [1.165, 1.54) is 19.2 Å². The lowest BCUT2D eigenvalue weighted by Crippen LogP contribution is -2.11. The van der Waals surface area contributed by atoms with Crippen molar-refractivity contribution < 1.29 is 14.3 Å². The molecule has 0 atom stereocenters. The van der Waals surface area contributed by atoms with Crippen molar-refractivity contribution in [3.8, 4) is 17.7 Å². The lowest BCUT2D eigenvalue weighted by molar-refractivity contribution is 0.100. The Hall–Kier alpha value is -3.47. The Kier molecular flexibility index (Phi) is 5.06. The van der Waals surface area contributed by atoms with Crippen LogP contribution in [0.3, 0.4) is 0 Å². The number of pyridine rings is 1. The van der Waals surface area contributed by atoms with E-state index >= 15 is 0 Å². The number of aromatic nitrogens is 1. The monoisotopic (exact) mass is 327 g/mol. The second-order valence-electron chi connectivity index (χ2n) is 4.73. The van der Waals surface area contributed by atoms with Gasteiger partial charge in [-0.05, 0) is 25.1 Å². The molecule has 0 bridgehead atoms. The molecule has 1 heterocycles. The van der Waals surface area contributed by atoms with E-state index in [1.54, 1.807) is 19.1 Å². The molecule has 0 saturated carbocycles. The molecule has 1 aromatic heterocycles. The third kappa shape index (κ3) is 3.47. The summed E-state index contributed by atoms with van der Waals surface area (Å²) in [6.07, 6.45) is 0. The maximum absolute atomic E-state index is 11.3. The molecule has 0 spiro atoms. The molecule has 2 aromatic rings. The number of carbonyl (C=O) groups is 1. The molecule has 1 amide bonds. The van der Waals surface area contributed by atoms with Gasteiger partial charge in [0.1, 0.15) is 23.2 Å². The Labute approximate surface area is 139 Å². The second-order valence-corrected chi connectivity index (χ2v) is 4.73. The highest BCUT2D eigenvalue weighted by molar-refractivity contribution is 5.94. The van der Waals surface area contributed by atoms with Gasteiger partial charge in [0.2, 0.25) is 11.8 Å². The Morgan fingerprint density at radius 2 is 2.17 bits per heavy atom. The molecule has 0 fully saturated rings. The molecule has 0 unspecified atom stereocenters. The average molecular weight is 327 g/mol. The maximum Gasteiger partial charge on any atom is 0.248 e. The summed E-state index contributed by atoms with van der Waals surface area (Å²) in [5.74, 6) is 0.396. The van der Waals surface area contributed by atoms with Crippen molar-refractivity contribution in [1.82, 2.24) is 4.98 Å². The first kappa shape index (κ1) is 16.9. The van der Waals surface area contributed by atoms with E-state index in [0.29, 0.717) is 29.4 Å². The van der Waals surface area contributed by atoms with Crippen molar-refractivity contribution in [2.24, 2.45) is 5.73 Å². The fourth-order valence-electron chi connectivity index (χ4n) is 2.05. The number of rotatable bonds is 6. The van der Waals surface area contributed by atoms with Crippen molar-refractivity contribution in [2.75, 3.05) is 24.8 Å². The van der Waals surface area contributed by atoms with Gasteiger partial charge in [0.05, 0.1) is 25.1 Å². The third-order valence-electron chi connectivity index (χ3n) is 3.16. The van der Waals surface area contributed by atoms with Crippen LogP contribution in [0.2, 0.25) is 0 Å². The van der Waals surface area contributed by atoms with E-state index in [2.05, 4.69) is 10.3 Å². The summed E-state index contributed by atoms with van der Waals surface area (Å²) >= 11 is 0. The molecule has 1 aromatic carbocycles. The molecule has 24 heavy (non-hydrogen) atoms. The summed E-state index contributed by atoms with van der Waals surface area (Å²) in [5, 5.41) is 12.1. The van der Waals surface area contributed by atoms with Crippen LogP contribution in [-0.2, 0) is 0 Å². The molecule has 0 radical (unpaired) electrons. The number of ether oxygens (including phenoxy) is 2. The zero-order valence-corrected chi connectivity index (χ0v) is 13.3. The predicted octanol–water partition coefficient (Wildman–Crippen LogP) is 1.79. The molecule has 8 heteroatoms. The standard InChI is InChI=1S/C16H17N5O3/c1-3-24-16-10(8-17)11(18)7-14(21-16)20-12-6-9(15(19)22)4-5-13(12)23-2/h4-7H,3H2,1-2H3,(H2,19,22)(H3,18,20,21).